The third-order valence-electron chi connectivity index (χ3n) is 4.77. The lowest BCUT2D eigenvalue weighted by atomic mass is 10.1. The SMILES string of the molecule is COC(=O)c1ccc2c(=O)n(Cc3ccco3)c(SCCCOc3ccccc3)nc2c1. The summed E-state index contributed by atoms with van der Waals surface area (Å²) in [4.78, 5) is 29.8. The summed E-state index contributed by atoms with van der Waals surface area (Å²) in [5.41, 5.74) is 0.616. The molecule has 0 saturated heterocycles. The van der Waals surface area contributed by atoms with E-state index in [0.717, 1.165) is 12.2 Å². The van der Waals surface area contributed by atoms with Crippen LogP contribution in [-0.4, -0.2) is 35.0 Å². The van der Waals surface area contributed by atoms with Crippen LogP contribution in [0.3, 0.4) is 0 Å². The van der Waals surface area contributed by atoms with Crippen LogP contribution in [0, 0.1) is 0 Å². The number of hydrogen-bond donors (Lipinski definition) is 0. The molecule has 0 unspecified atom stereocenters. The predicted octanol–water partition coefficient (Wildman–Crippen LogP) is 4.39. The Morgan fingerprint density at radius 2 is 1.97 bits per heavy atom. The molecule has 2 aromatic heterocycles. The van der Waals surface area contributed by atoms with Gasteiger partial charge in [0.25, 0.3) is 5.56 Å². The highest BCUT2D eigenvalue weighted by Crippen LogP contribution is 2.21. The van der Waals surface area contributed by atoms with Crippen molar-refractivity contribution in [3.8, 4) is 5.75 Å². The van der Waals surface area contributed by atoms with Crippen LogP contribution in [0.15, 0.2) is 81.3 Å². The highest BCUT2D eigenvalue weighted by atomic mass is 32.2. The van der Waals surface area contributed by atoms with Gasteiger partial charge >= 0.3 is 5.97 Å². The minimum atomic E-state index is -0.472. The van der Waals surface area contributed by atoms with Crippen molar-refractivity contribution in [2.75, 3.05) is 19.5 Å². The molecule has 0 N–H and O–H groups in total. The fraction of sp³-hybridized carbons (Fsp3) is 0.208. The minimum Gasteiger partial charge on any atom is -0.494 e. The maximum Gasteiger partial charge on any atom is 0.337 e. The van der Waals surface area contributed by atoms with E-state index in [1.54, 1.807) is 35.1 Å². The Labute approximate surface area is 189 Å². The quantitative estimate of drug-likeness (QED) is 0.162. The highest BCUT2D eigenvalue weighted by Gasteiger charge is 2.15. The summed E-state index contributed by atoms with van der Waals surface area (Å²) in [6, 6.07) is 18.0. The summed E-state index contributed by atoms with van der Waals surface area (Å²) < 4.78 is 17.6. The number of aromatic nitrogens is 2. The van der Waals surface area contributed by atoms with Gasteiger partial charge in [0.2, 0.25) is 0 Å². The molecule has 0 aliphatic rings. The van der Waals surface area contributed by atoms with Gasteiger partial charge in [-0.25, -0.2) is 9.78 Å². The first-order valence-corrected chi connectivity index (χ1v) is 11.1. The van der Waals surface area contributed by atoms with Crippen molar-refractivity contribution in [1.82, 2.24) is 9.55 Å². The summed E-state index contributed by atoms with van der Waals surface area (Å²) >= 11 is 1.47. The van der Waals surface area contributed by atoms with E-state index in [9.17, 15) is 9.59 Å². The normalized spacial score (nSPS) is 10.9. The molecular weight excluding hydrogens is 428 g/mol. The average Bonchev–Trinajstić information content (AvgIpc) is 3.34. The largest absolute Gasteiger partial charge is 0.494 e. The molecule has 0 spiro atoms. The third-order valence-corrected chi connectivity index (χ3v) is 5.83. The molecule has 32 heavy (non-hydrogen) atoms. The molecule has 0 fully saturated rings. The van der Waals surface area contributed by atoms with Crippen LogP contribution in [0.1, 0.15) is 22.5 Å². The van der Waals surface area contributed by atoms with Crippen LogP contribution in [-0.2, 0) is 11.3 Å². The van der Waals surface area contributed by atoms with E-state index in [4.69, 9.17) is 13.9 Å². The van der Waals surface area contributed by atoms with E-state index < -0.39 is 5.97 Å². The van der Waals surface area contributed by atoms with E-state index in [1.165, 1.54) is 18.9 Å². The van der Waals surface area contributed by atoms with Gasteiger partial charge in [-0.3, -0.25) is 9.36 Å². The van der Waals surface area contributed by atoms with E-state index in [1.807, 2.05) is 36.4 Å². The van der Waals surface area contributed by atoms with Gasteiger partial charge in [-0.1, -0.05) is 30.0 Å². The number of carbonyl (C=O) groups excluding carboxylic acids is 1. The Morgan fingerprint density at radius 3 is 2.72 bits per heavy atom. The molecule has 0 aliphatic carbocycles. The lowest BCUT2D eigenvalue weighted by molar-refractivity contribution is 0.0601. The van der Waals surface area contributed by atoms with Gasteiger partial charge in [0.15, 0.2) is 5.16 Å². The monoisotopic (exact) mass is 450 g/mol. The van der Waals surface area contributed by atoms with Gasteiger partial charge in [-0.2, -0.15) is 0 Å². The van der Waals surface area contributed by atoms with Gasteiger partial charge in [-0.05, 0) is 48.9 Å². The van der Waals surface area contributed by atoms with E-state index in [-0.39, 0.29) is 12.1 Å². The number of carbonyl (C=O) groups is 1. The van der Waals surface area contributed by atoms with E-state index in [0.29, 0.717) is 39.7 Å². The number of fused-ring (bicyclic) bond motifs is 1. The number of ether oxygens (including phenoxy) is 2. The van der Waals surface area contributed by atoms with Crippen LogP contribution >= 0.6 is 11.8 Å². The zero-order valence-electron chi connectivity index (χ0n) is 17.5. The van der Waals surface area contributed by atoms with Crippen molar-refractivity contribution < 1.29 is 18.7 Å². The second kappa shape index (κ2) is 10.2. The zero-order chi connectivity index (χ0) is 22.3. The molecular formula is C24H22N2O5S. The summed E-state index contributed by atoms with van der Waals surface area (Å²) in [6.45, 7) is 0.829. The molecule has 0 atom stereocenters. The maximum absolute atomic E-state index is 13.2. The van der Waals surface area contributed by atoms with Crippen LogP contribution in [0.25, 0.3) is 10.9 Å². The Kier molecular flexibility index (Phi) is 6.91. The van der Waals surface area contributed by atoms with Crippen molar-refractivity contribution in [1.29, 1.82) is 0 Å². The summed E-state index contributed by atoms with van der Waals surface area (Å²) in [6.07, 6.45) is 2.35. The molecule has 7 nitrogen and oxygen atoms in total. The number of thioether (sulfide) groups is 1. The number of para-hydroxylation sites is 1. The van der Waals surface area contributed by atoms with Crippen molar-refractivity contribution in [2.45, 2.75) is 18.1 Å². The molecule has 2 aromatic carbocycles. The highest BCUT2D eigenvalue weighted by molar-refractivity contribution is 7.99. The molecule has 8 heteroatoms. The fourth-order valence-corrected chi connectivity index (χ4v) is 4.09. The smallest absolute Gasteiger partial charge is 0.337 e. The lowest BCUT2D eigenvalue weighted by Gasteiger charge is -2.13. The Hall–Kier alpha value is -3.52. The van der Waals surface area contributed by atoms with Crippen LogP contribution in [0.5, 0.6) is 5.75 Å². The molecule has 0 amide bonds. The van der Waals surface area contributed by atoms with Gasteiger partial charge in [0.05, 0.1) is 43.0 Å². The average molecular weight is 451 g/mol. The topological polar surface area (TPSA) is 83.6 Å². The van der Waals surface area contributed by atoms with Crippen LogP contribution in [0.4, 0.5) is 0 Å². The lowest BCUT2D eigenvalue weighted by Crippen LogP contribution is -2.24. The summed E-state index contributed by atoms with van der Waals surface area (Å²) in [7, 11) is 1.32. The Bertz CT molecular complexity index is 1250. The van der Waals surface area contributed by atoms with Crippen molar-refractivity contribution >= 4 is 28.6 Å². The van der Waals surface area contributed by atoms with Crippen molar-refractivity contribution in [2.24, 2.45) is 0 Å². The van der Waals surface area contributed by atoms with Gasteiger partial charge in [0.1, 0.15) is 11.5 Å². The maximum atomic E-state index is 13.2. The number of nitrogens with zero attached hydrogens (tertiary/aromatic N) is 2. The Balaban J connectivity index is 1.57. The first kappa shape index (κ1) is 21.7. The second-order valence-electron chi connectivity index (χ2n) is 6.95. The van der Waals surface area contributed by atoms with Gasteiger partial charge in [0, 0.05) is 5.75 Å². The first-order chi connectivity index (χ1) is 15.7. The number of methoxy groups -OCH3 is 1. The molecule has 0 aliphatic heterocycles. The summed E-state index contributed by atoms with van der Waals surface area (Å²) in [5, 5.41) is 0.988. The van der Waals surface area contributed by atoms with Crippen LogP contribution < -0.4 is 10.3 Å². The molecule has 0 saturated carbocycles. The number of furan rings is 1. The number of rotatable bonds is 9. The number of esters is 1. The third kappa shape index (κ3) is 5.03. The van der Waals surface area contributed by atoms with Crippen molar-refractivity contribution in [3.05, 3.63) is 88.6 Å². The molecule has 0 radical (unpaired) electrons. The first-order valence-electron chi connectivity index (χ1n) is 10.1. The molecule has 164 valence electrons. The molecule has 4 aromatic rings. The number of benzene rings is 2. The summed E-state index contributed by atoms with van der Waals surface area (Å²) in [5.74, 6) is 1.72. The van der Waals surface area contributed by atoms with Gasteiger partial charge in [-0.15, -0.1) is 0 Å². The molecule has 0 bridgehead atoms. The number of hydrogen-bond acceptors (Lipinski definition) is 7. The van der Waals surface area contributed by atoms with E-state index >= 15 is 0 Å². The second-order valence-corrected chi connectivity index (χ2v) is 8.01. The van der Waals surface area contributed by atoms with E-state index in [2.05, 4.69) is 4.98 Å². The minimum absolute atomic E-state index is 0.189. The Morgan fingerprint density at radius 1 is 1.12 bits per heavy atom. The predicted molar refractivity (Wildman–Crippen MR) is 122 cm³/mol. The molecule has 2 heterocycles. The zero-order valence-corrected chi connectivity index (χ0v) is 18.3. The van der Waals surface area contributed by atoms with Gasteiger partial charge < -0.3 is 13.9 Å². The van der Waals surface area contributed by atoms with Crippen LogP contribution in [0.2, 0.25) is 0 Å². The molecule has 4 rings (SSSR count). The van der Waals surface area contributed by atoms with Crippen molar-refractivity contribution in [3.63, 3.8) is 0 Å². The fourth-order valence-electron chi connectivity index (χ4n) is 3.18. The standard InChI is InChI=1S/C24H22N2O5S/c1-29-23(28)17-10-11-20-21(15-17)25-24(26(22(20)27)16-19-9-5-12-31-19)32-14-6-13-30-18-7-3-2-4-8-18/h2-5,7-12,15H,6,13-14,16H2,1H3.